The first-order valence-electron chi connectivity index (χ1n) is 5.90. The van der Waals surface area contributed by atoms with E-state index in [1.54, 1.807) is 12.1 Å². The van der Waals surface area contributed by atoms with Crippen LogP contribution in [0.1, 0.15) is 13.3 Å². The van der Waals surface area contributed by atoms with Crippen molar-refractivity contribution in [2.75, 3.05) is 23.9 Å². The van der Waals surface area contributed by atoms with Gasteiger partial charge in [0, 0.05) is 6.04 Å². The van der Waals surface area contributed by atoms with Crippen molar-refractivity contribution in [2.24, 2.45) is 0 Å². The molecular formula is C13H19ClN2OS. The quantitative estimate of drug-likeness (QED) is 0.810. The first-order chi connectivity index (χ1) is 8.63. The maximum Gasteiger partial charge on any atom is 0.238 e. The van der Waals surface area contributed by atoms with E-state index in [-0.39, 0.29) is 5.91 Å². The van der Waals surface area contributed by atoms with Crippen LogP contribution in [0, 0.1) is 0 Å². The minimum absolute atomic E-state index is 0.0703. The van der Waals surface area contributed by atoms with Gasteiger partial charge in [0.2, 0.25) is 5.91 Å². The second-order valence-corrected chi connectivity index (χ2v) is 5.48. The van der Waals surface area contributed by atoms with Gasteiger partial charge in [0.15, 0.2) is 0 Å². The Kier molecular flexibility index (Phi) is 7.16. The smallest absolute Gasteiger partial charge is 0.238 e. The van der Waals surface area contributed by atoms with Gasteiger partial charge in [-0.1, -0.05) is 23.7 Å². The lowest BCUT2D eigenvalue weighted by Crippen LogP contribution is -2.34. The molecule has 0 aromatic heterocycles. The summed E-state index contributed by atoms with van der Waals surface area (Å²) in [7, 11) is 0. The van der Waals surface area contributed by atoms with Crippen LogP contribution in [0.2, 0.25) is 5.02 Å². The second-order valence-electron chi connectivity index (χ2n) is 4.09. The average Bonchev–Trinajstić information content (AvgIpc) is 2.36. The molecule has 1 unspecified atom stereocenters. The second kappa shape index (κ2) is 8.40. The molecule has 1 aromatic carbocycles. The number of hydrogen-bond donors (Lipinski definition) is 2. The molecule has 1 amide bonds. The number of rotatable bonds is 7. The molecule has 5 heteroatoms. The van der Waals surface area contributed by atoms with Crippen molar-refractivity contribution in [1.29, 1.82) is 0 Å². The average molecular weight is 287 g/mol. The Morgan fingerprint density at radius 3 is 2.83 bits per heavy atom. The predicted molar refractivity (Wildman–Crippen MR) is 80.5 cm³/mol. The molecule has 1 atom stereocenters. The summed E-state index contributed by atoms with van der Waals surface area (Å²) in [5.41, 5.74) is 0.655. The van der Waals surface area contributed by atoms with Crippen LogP contribution in [0.5, 0.6) is 0 Å². The summed E-state index contributed by atoms with van der Waals surface area (Å²) in [5.74, 6) is 1.03. The third kappa shape index (κ3) is 5.76. The van der Waals surface area contributed by atoms with Gasteiger partial charge in [0.1, 0.15) is 0 Å². The van der Waals surface area contributed by atoms with E-state index in [0.29, 0.717) is 23.3 Å². The maximum absolute atomic E-state index is 11.7. The van der Waals surface area contributed by atoms with Crippen molar-refractivity contribution in [3.8, 4) is 0 Å². The van der Waals surface area contributed by atoms with Gasteiger partial charge in [-0.25, -0.2) is 0 Å². The zero-order valence-corrected chi connectivity index (χ0v) is 12.3. The van der Waals surface area contributed by atoms with Crippen LogP contribution in [0.4, 0.5) is 5.69 Å². The highest BCUT2D eigenvalue weighted by atomic mass is 35.5. The summed E-state index contributed by atoms with van der Waals surface area (Å²) in [4.78, 5) is 11.7. The normalized spacial score (nSPS) is 12.2. The lowest BCUT2D eigenvalue weighted by Gasteiger charge is -2.13. The monoisotopic (exact) mass is 286 g/mol. The molecule has 100 valence electrons. The fourth-order valence-electron chi connectivity index (χ4n) is 1.42. The minimum Gasteiger partial charge on any atom is -0.324 e. The Bertz CT molecular complexity index is 387. The van der Waals surface area contributed by atoms with Gasteiger partial charge >= 0.3 is 0 Å². The number of nitrogens with one attached hydrogen (secondary N) is 2. The number of halogens is 1. The topological polar surface area (TPSA) is 41.1 Å². The van der Waals surface area contributed by atoms with Crippen LogP contribution in [0.25, 0.3) is 0 Å². The van der Waals surface area contributed by atoms with E-state index in [2.05, 4.69) is 23.8 Å². The molecule has 0 saturated carbocycles. The first-order valence-corrected chi connectivity index (χ1v) is 7.67. The van der Waals surface area contributed by atoms with Gasteiger partial charge in [0.05, 0.1) is 17.3 Å². The highest BCUT2D eigenvalue weighted by molar-refractivity contribution is 7.98. The molecule has 0 fully saturated rings. The van der Waals surface area contributed by atoms with Crippen LogP contribution >= 0.6 is 23.4 Å². The molecule has 0 spiro atoms. The summed E-state index contributed by atoms with van der Waals surface area (Å²) in [6.07, 6.45) is 3.14. The molecule has 0 aliphatic heterocycles. The zero-order valence-electron chi connectivity index (χ0n) is 10.7. The largest absolute Gasteiger partial charge is 0.324 e. The lowest BCUT2D eigenvalue weighted by molar-refractivity contribution is -0.115. The van der Waals surface area contributed by atoms with Gasteiger partial charge in [-0.3, -0.25) is 4.79 Å². The Labute approximate surface area is 118 Å². The zero-order chi connectivity index (χ0) is 13.4. The molecule has 0 radical (unpaired) electrons. The molecule has 0 bridgehead atoms. The summed E-state index contributed by atoms with van der Waals surface area (Å²) in [6.45, 7) is 2.39. The molecule has 3 nitrogen and oxygen atoms in total. The van der Waals surface area contributed by atoms with Gasteiger partial charge in [0.25, 0.3) is 0 Å². The summed E-state index contributed by atoms with van der Waals surface area (Å²) >= 11 is 7.77. The van der Waals surface area contributed by atoms with Crippen molar-refractivity contribution < 1.29 is 4.79 Å². The summed E-state index contributed by atoms with van der Waals surface area (Å²) in [6, 6.07) is 7.56. The molecule has 0 aliphatic rings. The van der Waals surface area contributed by atoms with Crippen LogP contribution in [0.15, 0.2) is 24.3 Å². The predicted octanol–water partition coefficient (Wildman–Crippen LogP) is 3.01. The Balaban J connectivity index is 2.32. The van der Waals surface area contributed by atoms with E-state index in [0.717, 1.165) is 12.2 Å². The van der Waals surface area contributed by atoms with E-state index in [1.807, 2.05) is 23.9 Å². The van der Waals surface area contributed by atoms with Crippen LogP contribution < -0.4 is 10.6 Å². The molecule has 0 heterocycles. The van der Waals surface area contributed by atoms with Crippen LogP contribution in [-0.4, -0.2) is 30.5 Å². The van der Waals surface area contributed by atoms with Crippen molar-refractivity contribution >= 4 is 35.0 Å². The third-order valence-corrected chi connectivity index (χ3v) is 3.49. The van der Waals surface area contributed by atoms with Crippen LogP contribution in [0.3, 0.4) is 0 Å². The highest BCUT2D eigenvalue weighted by Gasteiger charge is 2.07. The fourth-order valence-corrected chi connectivity index (χ4v) is 2.19. The summed E-state index contributed by atoms with van der Waals surface area (Å²) < 4.78 is 0. The van der Waals surface area contributed by atoms with Crippen LogP contribution in [-0.2, 0) is 4.79 Å². The number of carbonyl (C=O) groups is 1. The summed E-state index contributed by atoms with van der Waals surface area (Å²) in [5, 5.41) is 6.53. The minimum atomic E-state index is -0.0703. The molecule has 18 heavy (non-hydrogen) atoms. The first kappa shape index (κ1) is 15.3. The highest BCUT2D eigenvalue weighted by Crippen LogP contribution is 2.19. The third-order valence-electron chi connectivity index (χ3n) is 2.51. The van der Waals surface area contributed by atoms with Gasteiger partial charge < -0.3 is 10.6 Å². The number of benzene rings is 1. The molecule has 2 N–H and O–H groups in total. The fraction of sp³-hybridized carbons (Fsp3) is 0.462. The van der Waals surface area contributed by atoms with E-state index in [4.69, 9.17) is 11.6 Å². The lowest BCUT2D eigenvalue weighted by atomic mass is 10.2. The standard InChI is InChI=1S/C13H19ClN2OS/c1-10(7-8-18-2)15-9-13(17)16-12-6-4-3-5-11(12)14/h3-6,10,15H,7-9H2,1-2H3,(H,16,17). The van der Waals surface area contributed by atoms with Crippen molar-refractivity contribution in [3.05, 3.63) is 29.3 Å². The van der Waals surface area contributed by atoms with E-state index in [9.17, 15) is 4.79 Å². The van der Waals surface area contributed by atoms with E-state index in [1.165, 1.54) is 0 Å². The van der Waals surface area contributed by atoms with Gasteiger partial charge in [-0.05, 0) is 37.5 Å². The SMILES string of the molecule is CSCCC(C)NCC(=O)Nc1ccccc1Cl. The van der Waals surface area contributed by atoms with Crippen molar-refractivity contribution in [1.82, 2.24) is 5.32 Å². The number of hydrogen-bond acceptors (Lipinski definition) is 3. The van der Waals surface area contributed by atoms with Crippen molar-refractivity contribution in [2.45, 2.75) is 19.4 Å². The van der Waals surface area contributed by atoms with Crippen molar-refractivity contribution in [3.63, 3.8) is 0 Å². The molecular weight excluding hydrogens is 268 g/mol. The van der Waals surface area contributed by atoms with Gasteiger partial charge in [-0.2, -0.15) is 11.8 Å². The molecule has 0 aliphatic carbocycles. The van der Waals surface area contributed by atoms with E-state index < -0.39 is 0 Å². The Hall–Kier alpha value is -0.710. The maximum atomic E-state index is 11.7. The molecule has 1 rings (SSSR count). The van der Waals surface area contributed by atoms with Gasteiger partial charge in [-0.15, -0.1) is 0 Å². The number of carbonyl (C=O) groups excluding carboxylic acids is 1. The Morgan fingerprint density at radius 2 is 2.17 bits per heavy atom. The molecule has 1 aromatic rings. The number of anilines is 1. The number of thioether (sulfide) groups is 1. The van der Waals surface area contributed by atoms with E-state index >= 15 is 0 Å². The Morgan fingerprint density at radius 1 is 1.44 bits per heavy atom. The molecule has 0 saturated heterocycles. The number of para-hydroxylation sites is 1. The number of amides is 1.